The smallest absolute Gasteiger partial charge is 0.253 e. The number of nitrogens with one attached hydrogen (secondary N) is 2. The van der Waals surface area contributed by atoms with Gasteiger partial charge in [-0.1, -0.05) is 6.07 Å². The van der Waals surface area contributed by atoms with Crippen LogP contribution >= 0.6 is 23.6 Å². The van der Waals surface area contributed by atoms with Crippen LogP contribution < -0.4 is 5.32 Å². The number of amides is 1. The highest BCUT2D eigenvalue weighted by atomic mass is 32.2. The fourth-order valence-electron chi connectivity index (χ4n) is 2.83. The van der Waals surface area contributed by atoms with E-state index in [1.165, 1.54) is 4.31 Å². The summed E-state index contributed by atoms with van der Waals surface area (Å²) in [5.74, 6) is 0.467. The van der Waals surface area contributed by atoms with Crippen molar-refractivity contribution in [1.29, 1.82) is 0 Å². The number of aromatic nitrogens is 3. The molecule has 1 saturated heterocycles. The van der Waals surface area contributed by atoms with Gasteiger partial charge in [0.15, 0.2) is 4.77 Å². The van der Waals surface area contributed by atoms with E-state index in [1.54, 1.807) is 29.1 Å². The van der Waals surface area contributed by atoms with Crippen molar-refractivity contribution >= 4 is 39.5 Å². The Morgan fingerprint density at radius 2 is 2.36 bits per heavy atom. The molecule has 0 radical (unpaired) electrons. The SMILES string of the molecule is Cn1c(CCNC(=O)C2CCCN2S(=O)(=O)c2cccs2)n[nH]c1=S. The largest absolute Gasteiger partial charge is 0.354 e. The molecule has 1 amide bonds. The number of hydrogen-bond acceptors (Lipinski definition) is 6. The molecule has 25 heavy (non-hydrogen) atoms. The fourth-order valence-corrected chi connectivity index (χ4v) is 5.76. The number of carbonyl (C=O) groups is 1. The molecule has 1 unspecified atom stereocenters. The average Bonchev–Trinajstić information content (AvgIpc) is 3.32. The Morgan fingerprint density at radius 1 is 1.56 bits per heavy atom. The third kappa shape index (κ3) is 3.68. The summed E-state index contributed by atoms with van der Waals surface area (Å²) in [6, 6.07) is 2.60. The van der Waals surface area contributed by atoms with Gasteiger partial charge in [0.05, 0.1) is 0 Å². The quantitative estimate of drug-likeness (QED) is 0.705. The molecule has 8 nitrogen and oxygen atoms in total. The lowest BCUT2D eigenvalue weighted by atomic mass is 10.2. The van der Waals surface area contributed by atoms with Gasteiger partial charge in [-0.3, -0.25) is 9.89 Å². The van der Waals surface area contributed by atoms with E-state index in [4.69, 9.17) is 12.2 Å². The second-order valence-corrected chi connectivity index (χ2v) is 9.20. The number of H-pyrrole nitrogens is 1. The Kier molecular flexibility index (Phi) is 5.37. The molecule has 1 aliphatic rings. The standard InChI is InChI=1S/C14H19N5O3S3/c1-18-11(16-17-14(18)23)6-7-15-13(20)10-4-2-8-19(10)25(21,22)12-5-3-9-24-12/h3,5,9-10H,2,4,6-8H2,1H3,(H,15,20)(H,17,23). The molecule has 3 heterocycles. The van der Waals surface area contributed by atoms with Gasteiger partial charge in [-0.25, -0.2) is 8.42 Å². The van der Waals surface area contributed by atoms with Crippen LogP contribution in [-0.4, -0.2) is 52.5 Å². The summed E-state index contributed by atoms with van der Waals surface area (Å²) in [5, 5.41) is 11.3. The average molecular weight is 402 g/mol. The number of aromatic amines is 1. The molecular formula is C14H19N5O3S3. The highest BCUT2D eigenvalue weighted by Gasteiger charge is 2.39. The normalized spacial score (nSPS) is 18.5. The molecule has 1 atom stereocenters. The molecule has 0 spiro atoms. The second kappa shape index (κ2) is 7.36. The molecule has 2 N–H and O–H groups in total. The zero-order chi connectivity index (χ0) is 18.0. The van der Waals surface area contributed by atoms with Crippen molar-refractivity contribution < 1.29 is 13.2 Å². The molecule has 0 bridgehead atoms. The van der Waals surface area contributed by atoms with Gasteiger partial charge in [-0.15, -0.1) is 11.3 Å². The monoisotopic (exact) mass is 401 g/mol. The number of rotatable bonds is 6. The summed E-state index contributed by atoms with van der Waals surface area (Å²) in [5.41, 5.74) is 0. The number of nitrogens with zero attached hydrogens (tertiary/aromatic N) is 3. The first kappa shape index (κ1) is 18.2. The minimum Gasteiger partial charge on any atom is -0.354 e. The molecule has 1 aliphatic heterocycles. The molecule has 11 heteroatoms. The van der Waals surface area contributed by atoms with Crippen molar-refractivity contribution in [3.05, 3.63) is 28.1 Å². The fraction of sp³-hybridized carbons (Fsp3) is 0.500. The summed E-state index contributed by atoms with van der Waals surface area (Å²) in [6.45, 7) is 0.738. The van der Waals surface area contributed by atoms with Crippen molar-refractivity contribution in [2.45, 2.75) is 29.5 Å². The number of carbonyl (C=O) groups excluding carboxylic acids is 1. The number of hydrogen-bond donors (Lipinski definition) is 2. The molecule has 136 valence electrons. The van der Waals surface area contributed by atoms with E-state index >= 15 is 0 Å². The number of sulfonamides is 1. The topological polar surface area (TPSA) is 100 Å². The first-order valence-electron chi connectivity index (χ1n) is 7.84. The molecule has 1 fully saturated rings. The van der Waals surface area contributed by atoms with E-state index < -0.39 is 16.1 Å². The first-order valence-corrected chi connectivity index (χ1v) is 10.6. The summed E-state index contributed by atoms with van der Waals surface area (Å²) in [6.07, 6.45) is 1.72. The van der Waals surface area contributed by atoms with Crippen molar-refractivity contribution in [2.24, 2.45) is 7.05 Å². The minimum atomic E-state index is -3.61. The van der Waals surface area contributed by atoms with E-state index in [0.29, 0.717) is 37.1 Å². The molecule has 2 aromatic heterocycles. The van der Waals surface area contributed by atoms with Crippen LogP contribution in [0.3, 0.4) is 0 Å². The first-order chi connectivity index (χ1) is 11.9. The van der Waals surface area contributed by atoms with Gasteiger partial charge >= 0.3 is 0 Å². The summed E-state index contributed by atoms with van der Waals surface area (Å²) >= 11 is 6.21. The van der Waals surface area contributed by atoms with Crippen LogP contribution in [0.2, 0.25) is 0 Å². The number of thiophene rings is 1. The second-order valence-electron chi connectivity index (χ2n) is 5.75. The lowest BCUT2D eigenvalue weighted by molar-refractivity contribution is -0.124. The maximum atomic E-state index is 12.7. The van der Waals surface area contributed by atoms with Gasteiger partial charge in [0, 0.05) is 26.6 Å². The zero-order valence-corrected chi connectivity index (χ0v) is 16.1. The van der Waals surface area contributed by atoms with Crippen molar-refractivity contribution in [2.75, 3.05) is 13.1 Å². The van der Waals surface area contributed by atoms with Gasteiger partial charge < -0.3 is 9.88 Å². The molecular weight excluding hydrogens is 382 g/mol. The van der Waals surface area contributed by atoms with Crippen LogP contribution in [-0.2, 0) is 28.3 Å². The van der Waals surface area contributed by atoms with Crippen molar-refractivity contribution in [1.82, 2.24) is 24.4 Å². The Balaban J connectivity index is 1.63. The lowest BCUT2D eigenvalue weighted by Crippen LogP contribution is -2.46. The van der Waals surface area contributed by atoms with Gasteiger partial charge in [-0.2, -0.15) is 9.40 Å². The minimum absolute atomic E-state index is 0.269. The van der Waals surface area contributed by atoms with E-state index in [1.807, 2.05) is 0 Å². The summed E-state index contributed by atoms with van der Waals surface area (Å²) in [4.78, 5) is 12.5. The summed E-state index contributed by atoms with van der Waals surface area (Å²) in [7, 11) is -1.81. The molecule has 0 aliphatic carbocycles. The predicted octanol–water partition coefficient (Wildman–Crippen LogP) is 1.05. The Bertz CT molecular complexity index is 901. The molecule has 0 saturated carbocycles. The molecule has 0 aromatic carbocycles. The Labute approximate surface area is 154 Å². The van der Waals surface area contributed by atoms with E-state index in [2.05, 4.69) is 15.5 Å². The van der Waals surface area contributed by atoms with Gasteiger partial charge in [-0.05, 0) is 36.5 Å². The maximum Gasteiger partial charge on any atom is 0.253 e. The Hall–Kier alpha value is -1.56. The van der Waals surface area contributed by atoms with Crippen LogP contribution in [0.15, 0.2) is 21.7 Å². The van der Waals surface area contributed by atoms with Crippen molar-refractivity contribution in [3.8, 4) is 0 Å². The Morgan fingerprint density at radius 3 is 3.00 bits per heavy atom. The third-order valence-corrected chi connectivity index (χ3v) is 7.83. The predicted molar refractivity (Wildman–Crippen MR) is 96.3 cm³/mol. The van der Waals surface area contributed by atoms with Crippen LogP contribution in [0.4, 0.5) is 0 Å². The lowest BCUT2D eigenvalue weighted by Gasteiger charge is -2.22. The van der Waals surface area contributed by atoms with E-state index in [-0.39, 0.29) is 10.1 Å². The van der Waals surface area contributed by atoms with E-state index in [9.17, 15) is 13.2 Å². The van der Waals surface area contributed by atoms with Crippen LogP contribution in [0.1, 0.15) is 18.7 Å². The van der Waals surface area contributed by atoms with Gasteiger partial charge in [0.1, 0.15) is 16.1 Å². The third-order valence-electron chi connectivity index (χ3n) is 4.18. The van der Waals surface area contributed by atoms with E-state index in [0.717, 1.165) is 17.2 Å². The van der Waals surface area contributed by atoms with Gasteiger partial charge in [0.25, 0.3) is 10.0 Å². The molecule has 3 rings (SSSR count). The van der Waals surface area contributed by atoms with Crippen LogP contribution in [0.5, 0.6) is 0 Å². The van der Waals surface area contributed by atoms with Gasteiger partial charge in [0.2, 0.25) is 5.91 Å². The summed E-state index contributed by atoms with van der Waals surface area (Å²) < 4.78 is 29.2. The zero-order valence-electron chi connectivity index (χ0n) is 13.6. The van der Waals surface area contributed by atoms with Crippen LogP contribution in [0, 0.1) is 4.77 Å². The van der Waals surface area contributed by atoms with Crippen molar-refractivity contribution in [3.63, 3.8) is 0 Å². The maximum absolute atomic E-state index is 12.7. The molecule has 2 aromatic rings. The van der Waals surface area contributed by atoms with Crippen LogP contribution in [0.25, 0.3) is 0 Å². The highest BCUT2D eigenvalue weighted by molar-refractivity contribution is 7.91. The highest BCUT2D eigenvalue weighted by Crippen LogP contribution is 2.28.